The van der Waals surface area contributed by atoms with Crippen molar-refractivity contribution >= 4 is 0 Å². The molecule has 0 saturated carbocycles. The van der Waals surface area contributed by atoms with E-state index >= 15 is 0 Å². The molecule has 2 rings (SSSR count). The zero-order valence-corrected chi connectivity index (χ0v) is 13.7. The molecule has 2 heteroatoms. The summed E-state index contributed by atoms with van der Waals surface area (Å²) in [7, 11) is 0. The lowest BCUT2D eigenvalue weighted by atomic mass is 9.83. The van der Waals surface area contributed by atoms with Gasteiger partial charge in [-0.05, 0) is 74.9 Å². The molecule has 1 aliphatic rings. The highest BCUT2D eigenvalue weighted by Gasteiger charge is 2.29. The predicted octanol–water partition coefficient (Wildman–Crippen LogP) is 4.00. The lowest BCUT2D eigenvalue weighted by molar-refractivity contribution is 0.176. The van der Waals surface area contributed by atoms with Crippen LogP contribution in [0.1, 0.15) is 53.6 Å². The van der Waals surface area contributed by atoms with E-state index in [1.807, 2.05) is 0 Å². The summed E-state index contributed by atoms with van der Waals surface area (Å²) in [5.74, 6) is 0.611. The SMILES string of the molecule is CCCNC(c1c(C)c(C)cc(C)c1C)C1CCOC1. The van der Waals surface area contributed by atoms with E-state index in [0.29, 0.717) is 12.0 Å². The van der Waals surface area contributed by atoms with Gasteiger partial charge in [-0.15, -0.1) is 0 Å². The van der Waals surface area contributed by atoms with Crippen molar-refractivity contribution in [2.75, 3.05) is 19.8 Å². The highest BCUT2D eigenvalue weighted by Crippen LogP contribution is 2.35. The van der Waals surface area contributed by atoms with Crippen LogP contribution in [0.4, 0.5) is 0 Å². The minimum atomic E-state index is 0.441. The molecule has 1 aliphatic heterocycles. The van der Waals surface area contributed by atoms with Gasteiger partial charge in [0.15, 0.2) is 0 Å². The van der Waals surface area contributed by atoms with Crippen molar-refractivity contribution in [3.8, 4) is 0 Å². The minimum absolute atomic E-state index is 0.441. The molecule has 2 nitrogen and oxygen atoms in total. The molecule has 1 fully saturated rings. The summed E-state index contributed by atoms with van der Waals surface area (Å²) in [6, 6.07) is 2.76. The lowest BCUT2D eigenvalue weighted by Gasteiger charge is -2.29. The van der Waals surface area contributed by atoms with Gasteiger partial charge in [0.2, 0.25) is 0 Å². The number of ether oxygens (including phenoxy) is 1. The summed E-state index contributed by atoms with van der Waals surface area (Å²) in [5, 5.41) is 3.78. The molecule has 0 aromatic heterocycles. The Kier molecular flexibility index (Phi) is 5.22. The van der Waals surface area contributed by atoms with E-state index < -0.39 is 0 Å². The zero-order chi connectivity index (χ0) is 14.7. The Morgan fingerprint density at radius 3 is 2.35 bits per heavy atom. The molecule has 0 spiro atoms. The van der Waals surface area contributed by atoms with Gasteiger partial charge in [0.25, 0.3) is 0 Å². The summed E-state index contributed by atoms with van der Waals surface area (Å²) in [4.78, 5) is 0. The van der Waals surface area contributed by atoms with E-state index in [0.717, 1.165) is 19.8 Å². The molecule has 1 heterocycles. The maximum atomic E-state index is 5.64. The maximum absolute atomic E-state index is 5.64. The summed E-state index contributed by atoms with van der Waals surface area (Å²) < 4.78 is 5.64. The second kappa shape index (κ2) is 6.73. The molecule has 2 atom stereocenters. The normalized spacial score (nSPS) is 20.4. The van der Waals surface area contributed by atoms with Crippen molar-refractivity contribution in [1.29, 1.82) is 0 Å². The number of benzene rings is 1. The van der Waals surface area contributed by atoms with Gasteiger partial charge in [-0.3, -0.25) is 0 Å². The summed E-state index contributed by atoms with van der Waals surface area (Å²) >= 11 is 0. The summed E-state index contributed by atoms with van der Waals surface area (Å²) in [6.07, 6.45) is 2.35. The van der Waals surface area contributed by atoms with Crippen molar-refractivity contribution in [2.45, 2.75) is 53.5 Å². The van der Waals surface area contributed by atoms with Gasteiger partial charge < -0.3 is 10.1 Å². The van der Waals surface area contributed by atoms with Gasteiger partial charge >= 0.3 is 0 Å². The van der Waals surface area contributed by atoms with Crippen LogP contribution >= 0.6 is 0 Å². The van der Waals surface area contributed by atoms with Gasteiger partial charge in [0.1, 0.15) is 0 Å². The molecule has 20 heavy (non-hydrogen) atoms. The quantitative estimate of drug-likeness (QED) is 0.877. The van der Waals surface area contributed by atoms with Crippen LogP contribution in [-0.2, 0) is 4.74 Å². The van der Waals surface area contributed by atoms with Gasteiger partial charge in [-0.25, -0.2) is 0 Å². The monoisotopic (exact) mass is 275 g/mol. The van der Waals surface area contributed by atoms with Crippen molar-refractivity contribution in [3.05, 3.63) is 33.9 Å². The number of aryl methyl sites for hydroxylation is 2. The first-order chi connectivity index (χ1) is 9.56. The van der Waals surface area contributed by atoms with Crippen molar-refractivity contribution in [3.63, 3.8) is 0 Å². The molecule has 0 bridgehead atoms. The summed E-state index contributed by atoms with van der Waals surface area (Å²) in [6.45, 7) is 14.1. The Labute approximate surface area is 123 Å². The Balaban J connectivity index is 2.41. The third kappa shape index (κ3) is 3.07. The van der Waals surface area contributed by atoms with Crippen LogP contribution in [0.15, 0.2) is 6.07 Å². The molecule has 0 radical (unpaired) electrons. The molecular weight excluding hydrogens is 246 g/mol. The Morgan fingerprint density at radius 2 is 1.85 bits per heavy atom. The van der Waals surface area contributed by atoms with E-state index in [2.05, 4.69) is 46.0 Å². The van der Waals surface area contributed by atoms with E-state index in [1.165, 1.54) is 40.7 Å². The van der Waals surface area contributed by atoms with Crippen LogP contribution in [0, 0.1) is 33.6 Å². The van der Waals surface area contributed by atoms with Gasteiger partial charge in [0, 0.05) is 18.6 Å². The van der Waals surface area contributed by atoms with Gasteiger partial charge in [0.05, 0.1) is 6.61 Å². The van der Waals surface area contributed by atoms with Gasteiger partial charge in [-0.1, -0.05) is 13.0 Å². The summed E-state index contributed by atoms with van der Waals surface area (Å²) in [5.41, 5.74) is 7.24. The smallest absolute Gasteiger partial charge is 0.0513 e. The minimum Gasteiger partial charge on any atom is -0.381 e. The Morgan fingerprint density at radius 1 is 1.20 bits per heavy atom. The average molecular weight is 275 g/mol. The molecule has 1 aromatic carbocycles. The lowest BCUT2D eigenvalue weighted by Crippen LogP contribution is -2.31. The molecule has 1 aromatic rings. The number of hydrogen-bond acceptors (Lipinski definition) is 2. The van der Waals surface area contributed by atoms with Crippen molar-refractivity contribution in [2.24, 2.45) is 5.92 Å². The van der Waals surface area contributed by atoms with E-state index in [4.69, 9.17) is 4.74 Å². The third-order valence-corrected chi connectivity index (χ3v) is 4.79. The fraction of sp³-hybridized carbons (Fsp3) is 0.667. The number of rotatable bonds is 5. The molecule has 0 aliphatic carbocycles. The predicted molar refractivity (Wildman–Crippen MR) is 85.4 cm³/mol. The molecule has 112 valence electrons. The Hall–Kier alpha value is -0.860. The highest BCUT2D eigenvalue weighted by atomic mass is 16.5. The van der Waals surface area contributed by atoms with Crippen LogP contribution in [0.2, 0.25) is 0 Å². The molecule has 1 N–H and O–H groups in total. The highest BCUT2D eigenvalue weighted by molar-refractivity contribution is 5.46. The van der Waals surface area contributed by atoms with Crippen LogP contribution in [0.25, 0.3) is 0 Å². The van der Waals surface area contributed by atoms with Crippen LogP contribution < -0.4 is 5.32 Å². The van der Waals surface area contributed by atoms with E-state index in [9.17, 15) is 0 Å². The molecule has 2 unspecified atom stereocenters. The fourth-order valence-corrected chi connectivity index (χ4v) is 3.33. The van der Waals surface area contributed by atoms with E-state index in [-0.39, 0.29) is 0 Å². The first-order valence-electron chi connectivity index (χ1n) is 7.94. The third-order valence-electron chi connectivity index (χ3n) is 4.79. The van der Waals surface area contributed by atoms with Crippen LogP contribution in [0.3, 0.4) is 0 Å². The van der Waals surface area contributed by atoms with Crippen molar-refractivity contribution in [1.82, 2.24) is 5.32 Å². The standard InChI is InChI=1S/C18H29NO/c1-6-8-19-18(16-7-9-20-11-16)17-14(4)12(2)10-13(3)15(17)5/h10,16,18-19H,6-9,11H2,1-5H3. The van der Waals surface area contributed by atoms with Crippen LogP contribution in [-0.4, -0.2) is 19.8 Å². The first kappa shape index (κ1) is 15.5. The fourth-order valence-electron chi connectivity index (χ4n) is 3.33. The largest absolute Gasteiger partial charge is 0.381 e. The zero-order valence-electron chi connectivity index (χ0n) is 13.7. The topological polar surface area (TPSA) is 21.3 Å². The second-order valence-electron chi connectivity index (χ2n) is 6.23. The molecular formula is C18H29NO. The average Bonchev–Trinajstić information content (AvgIpc) is 2.94. The number of hydrogen-bond donors (Lipinski definition) is 1. The Bertz CT molecular complexity index is 435. The van der Waals surface area contributed by atoms with Crippen molar-refractivity contribution < 1.29 is 4.74 Å². The van der Waals surface area contributed by atoms with Crippen LogP contribution in [0.5, 0.6) is 0 Å². The number of nitrogens with one attached hydrogen (secondary N) is 1. The molecule has 1 saturated heterocycles. The first-order valence-corrected chi connectivity index (χ1v) is 7.94. The van der Waals surface area contributed by atoms with E-state index in [1.54, 1.807) is 0 Å². The second-order valence-corrected chi connectivity index (χ2v) is 6.23. The maximum Gasteiger partial charge on any atom is 0.0513 e. The molecule has 0 amide bonds. The van der Waals surface area contributed by atoms with Gasteiger partial charge in [-0.2, -0.15) is 0 Å².